The highest BCUT2D eigenvalue weighted by Crippen LogP contribution is 2.29. The molecule has 1 amide bonds. The third-order valence-electron chi connectivity index (χ3n) is 5.00. The number of methoxy groups -OCH3 is 2. The van der Waals surface area contributed by atoms with Crippen molar-refractivity contribution in [3.05, 3.63) is 71.2 Å². The van der Waals surface area contributed by atoms with Crippen LogP contribution in [-0.4, -0.2) is 39.9 Å². The van der Waals surface area contributed by atoms with Crippen molar-refractivity contribution in [2.24, 2.45) is 0 Å². The maximum atomic E-state index is 13.0. The second-order valence-electron chi connectivity index (χ2n) is 7.15. The Morgan fingerprint density at radius 3 is 2.55 bits per heavy atom. The molecule has 1 N–H and O–H groups in total. The highest BCUT2D eigenvalue weighted by molar-refractivity contribution is 6.04. The van der Waals surface area contributed by atoms with E-state index < -0.39 is 0 Å². The van der Waals surface area contributed by atoms with Crippen molar-refractivity contribution >= 4 is 17.2 Å². The van der Waals surface area contributed by atoms with Crippen molar-refractivity contribution in [3.63, 3.8) is 0 Å². The number of fused-ring (bicyclic) bond motifs is 1. The molecule has 0 spiro atoms. The molecule has 0 aliphatic carbocycles. The molecule has 0 saturated carbocycles. The molecule has 0 aliphatic heterocycles. The number of anilines is 1. The number of aryl methyl sites for hydroxylation is 2. The van der Waals surface area contributed by atoms with E-state index >= 15 is 0 Å². The largest absolute Gasteiger partial charge is 0.495 e. The van der Waals surface area contributed by atoms with E-state index in [-0.39, 0.29) is 11.6 Å². The fourth-order valence-electron chi connectivity index (χ4n) is 3.50. The van der Waals surface area contributed by atoms with Crippen molar-refractivity contribution in [1.82, 2.24) is 19.8 Å². The molecule has 0 saturated heterocycles. The second-order valence-corrected chi connectivity index (χ2v) is 7.15. The Kier molecular flexibility index (Phi) is 5.64. The highest BCUT2D eigenvalue weighted by Gasteiger charge is 2.22. The lowest BCUT2D eigenvalue weighted by atomic mass is 10.1. The summed E-state index contributed by atoms with van der Waals surface area (Å²) >= 11 is 0. The Balaban J connectivity index is 1.78. The van der Waals surface area contributed by atoms with Gasteiger partial charge >= 0.3 is 0 Å². The van der Waals surface area contributed by atoms with Crippen LogP contribution in [0.3, 0.4) is 0 Å². The Morgan fingerprint density at radius 1 is 1.06 bits per heavy atom. The molecule has 4 aromatic rings. The number of hydrogen-bond acceptors (Lipinski definition) is 6. The molecule has 8 nitrogen and oxygen atoms in total. The highest BCUT2D eigenvalue weighted by atomic mass is 16.5. The van der Waals surface area contributed by atoms with Gasteiger partial charge in [0.05, 0.1) is 36.4 Å². The number of ether oxygens (including phenoxy) is 2. The van der Waals surface area contributed by atoms with Crippen LogP contribution in [0.5, 0.6) is 5.75 Å². The standard InChI is InChI=1S/C23H23N5O3/c1-14-10-11-19(31-4)17(12-14)24-23(29)21-15(2)28-22(26-25-21)20(18(27-28)13-30-3)16-8-6-5-7-9-16/h5-12H,13H2,1-4H3,(H,24,29). The van der Waals surface area contributed by atoms with Gasteiger partial charge < -0.3 is 14.8 Å². The smallest absolute Gasteiger partial charge is 0.278 e. The lowest BCUT2D eigenvalue weighted by molar-refractivity contribution is 0.101. The number of hydrogen-bond donors (Lipinski definition) is 1. The van der Waals surface area contributed by atoms with Crippen molar-refractivity contribution in [1.29, 1.82) is 0 Å². The first-order valence-corrected chi connectivity index (χ1v) is 9.78. The first-order valence-electron chi connectivity index (χ1n) is 9.78. The van der Waals surface area contributed by atoms with Crippen LogP contribution in [-0.2, 0) is 11.3 Å². The molecule has 2 aromatic carbocycles. The minimum absolute atomic E-state index is 0.183. The van der Waals surface area contributed by atoms with E-state index in [4.69, 9.17) is 9.47 Å². The lowest BCUT2D eigenvalue weighted by Gasteiger charge is -2.11. The van der Waals surface area contributed by atoms with E-state index in [0.29, 0.717) is 29.4 Å². The van der Waals surface area contributed by atoms with Gasteiger partial charge in [-0.25, -0.2) is 4.52 Å². The monoisotopic (exact) mass is 417 g/mol. The normalized spacial score (nSPS) is 11.0. The molecule has 0 fully saturated rings. The Bertz CT molecular complexity index is 1250. The van der Waals surface area contributed by atoms with E-state index in [0.717, 1.165) is 22.4 Å². The zero-order chi connectivity index (χ0) is 22.0. The van der Waals surface area contributed by atoms with E-state index in [2.05, 4.69) is 20.6 Å². The summed E-state index contributed by atoms with van der Waals surface area (Å²) in [5.41, 5.74) is 5.42. The minimum Gasteiger partial charge on any atom is -0.495 e. The summed E-state index contributed by atoms with van der Waals surface area (Å²) in [6.45, 7) is 4.05. The summed E-state index contributed by atoms with van der Waals surface area (Å²) in [4.78, 5) is 13.0. The maximum Gasteiger partial charge on any atom is 0.278 e. The Hall–Kier alpha value is -3.78. The number of benzene rings is 2. The molecule has 31 heavy (non-hydrogen) atoms. The topological polar surface area (TPSA) is 90.6 Å². The van der Waals surface area contributed by atoms with E-state index in [9.17, 15) is 4.79 Å². The van der Waals surface area contributed by atoms with Crippen molar-refractivity contribution in [2.45, 2.75) is 20.5 Å². The van der Waals surface area contributed by atoms with Gasteiger partial charge in [-0.3, -0.25) is 4.79 Å². The lowest BCUT2D eigenvalue weighted by Crippen LogP contribution is -2.19. The van der Waals surface area contributed by atoms with E-state index in [1.807, 2.05) is 55.5 Å². The maximum absolute atomic E-state index is 13.0. The quantitative estimate of drug-likeness (QED) is 0.513. The molecule has 4 rings (SSSR count). The van der Waals surface area contributed by atoms with Crippen LogP contribution in [0.2, 0.25) is 0 Å². The van der Waals surface area contributed by atoms with Gasteiger partial charge in [0.25, 0.3) is 5.91 Å². The zero-order valence-corrected chi connectivity index (χ0v) is 17.8. The third kappa shape index (κ3) is 3.85. The van der Waals surface area contributed by atoms with Gasteiger partial charge in [-0.1, -0.05) is 36.4 Å². The number of amides is 1. The summed E-state index contributed by atoms with van der Waals surface area (Å²) in [6.07, 6.45) is 0. The molecule has 0 aliphatic rings. The first-order chi connectivity index (χ1) is 15.0. The molecule has 2 heterocycles. The second kappa shape index (κ2) is 8.53. The van der Waals surface area contributed by atoms with Gasteiger partial charge in [-0.2, -0.15) is 5.10 Å². The fourth-order valence-corrected chi connectivity index (χ4v) is 3.50. The predicted octanol–water partition coefficient (Wildman–Crippen LogP) is 3.82. The first kappa shape index (κ1) is 20.5. The van der Waals surface area contributed by atoms with Gasteiger partial charge in [0.1, 0.15) is 5.75 Å². The summed E-state index contributed by atoms with van der Waals surface area (Å²) in [7, 11) is 3.18. The van der Waals surface area contributed by atoms with Gasteiger partial charge in [-0.15, -0.1) is 10.2 Å². The fraction of sp³-hybridized carbons (Fsp3) is 0.217. The van der Waals surface area contributed by atoms with Crippen LogP contribution in [0.4, 0.5) is 5.69 Å². The molecular formula is C23H23N5O3. The molecule has 2 aromatic heterocycles. The van der Waals surface area contributed by atoms with Crippen molar-refractivity contribution in [2.75, 3.05) is 19.5 Å². The summed E-state index contributed by atoms with van der Waals surface area (Å²) in [5.74, 6) is 0.180. The number of aromatic nitrogens is 4. The van der Waals surface area contributed by atoms with Crippen LogP contribution in [0.1, 0.15) is 27.4 Å². The molecule has 0 atom stereocenters. The molecule has 0 bridgehead atoms. The molecule has 158 valence electrons. The summed E-state index contributed by atoms with van der Waals surface area (Å²) < 4.78 is 12.3. The van der Waals surface area contributed by atoms with Gasteiger partial charge in [0.15, 0.2) is 11.3 Å². The molecular weight excluding hydrogens is 394 g/mol. The number of nitrogens with one attached hydrogen (secondary N) is 1. The molecule has 0 radical (unpaired) electrons. The van der Waals surface area contributed by atoms with Crippen LogP contribution < -0.4 is 10.1 Å². The Labute approximate surface area is 179 Å². The van der Waals surface area contributed by atoms with Crippen molar-refractivity contribution in [3.8, 4) is 16.9 Å². The zero-order valence-electron chi connectivity index (χ0n) is 17.8. The average molecular weight is 417 g/mol. The van der Waals surface area contributed by atoms with Crippen LogP contribution in [0, 0.1) is 13.8 Å². The van der Waals surface area contributed by atoms with Crippen LogP contribution in [0.15, 0.2) is 48.5 Å². The van der Waals surface area contributed by atoms with Crippen LogP contribution >= 0.6 is 0 Å². The van der Waals surface area contributed by atoms with Gasteiger partial charge in [0.2, 0.25) is 0 Å². The van der Waals surface area contributed by atoms with E-state index in [1.165, 1.54) is 0 Å². The minimum atomic E-state index is -0.388. The van der Waals surface area contributed by atoms with Crippen LogP contribution in [0.25, 0.3) is 16.8 Å². The van der Waals surface area contributed by atoms with Crippen molar-refractivity contribution < 1.29 is 14.3 Å². The number of rotatable bonds is 6. The SMILES string of the molecule is COCc1nn2c(C)c(C(=O)Nc3cc(C)ccc3OC)nnc2c1-c1ccccc1. The Morgan fingerprint density at radius 2 is 1.84 bits per heavy atom. The van der Waals surface area contributed by atoms with Gasteiger partial charge in [0, 0.05) is 7.11 Å². The average Bonchev–Trinajstić information content (AvgIpc) is 3.14. The number of carbonyl (C=O) groups excluding carboxylic acids is 1. The summed E-state index contributed by atoms with van der Waals surface area (Å²) in [6, 6.07) is 15.4. The van der Waals surface area contributed by atoms with Gasteiger partial charge in [-0.05, 0) is 37.1 Å². The number of carbonyl (C=O) groups is 1. The third-order valence-corrected chi connectivity index (χ3v) is 5.00. The summed E-state index contributed by atoms with van der Waals surface area (Å²) in [5, 5.41) is 16.1. The molecule has 8 heteroatoms. The van der Waals surface area contributed by atoms with E-state index in [1.54, 1.807) is 25.7 Å². The predicted molar refractivity (Wildman–Crippen MR) is 117 cm³/mol. The number of nitrogens with zero attached hydrogens (tertiary/aromatic N) is 4. The molecule has 0 unspecified atom stereocenters.